The molecule has 0 atom stereocenters. The molecule has 0 aliphatic rings. The predicted octanol–water partition coefficient (Wildman–Crippen LogP) is 2.96. The van der Waals surface area contributed by atoms with Crippen molar-refractivity contribution < 1.29 is 9.90 Å². The first-order valence-corrected chi connectivity index (χ1v) is 6.39. The second-order valence-electron chi connectivity index (χ2n) is 4.03. The molecular weight excluding hydrogens is 296 g/mol. The second kappa shape index (κ2) is 5.35. The Morgan fingerprint density at radius 2 is 2.17 bits per heavy atom. The van der Waals surface area contributed by atoms with Crippen LogP contribution in [0.5, 0.6) is 0 Å². The number of rotatable bonds is 4. The molecule has 1 aromatic heterocycles. The standard InChI is InChI=1S/C13H13BrN2O2/c1-9-8-10(6-7-13(17)18)15-16(9)12-5-3-2-4-11(12)14/h2-5,8H,6-7H2,1H3,(H,17,18). The fraction of sp³-hybridized carbons (Fsp3) is 0.231. The minimum Gasteiger partial charge on any atom is -0.481 e. The van der Waals surface area contributed by atoms with E-state index < -0.39 is 5.97 Å². The lowest BCUT2D eigenvalue weighted by atomic mass is 10.2. The molecule has 0 saturated heterocycles. The molecule has 0 spiro atoms. The number of aliphatic carboxylic acids is 1. The van der Waals surface area contributed by atoms with Gasteiger partial charge in [-0.1, -0.05) is 12.1 Å². The van der Waals surface area contributed by atoms with Gasteiger partial charge in [-0.2, -0.15) is 5.10 Å². The van der Waals surface area contributed by atoms with Crippen LogP contribution < -0.4 is 0 Å². The van der Waals surface area contributed by atoms with Gasteiger partial charge in [-0.25, -0.2) is 4.68 Å². The van der Waals surface area contributed by atoms with Crippen LogP contribution in [0.2, 0.25) is 0 Å². The highest BCUT2D eigenvalue weighted by atomic mass is 79.9. The Balaban J connectivity index is 2.30. The van der Waals surface area contributed by atoms with Gasteiger partial charge in [0.1, 0.15) is 0 Å². The highest BCUT2D eigenvalue weighted by molar-refractivity contribution is 9.10. The SMILES string of the molecule is Cc1cc(CCC(=O)O)nn1-c1ccccc1Br. The molecule has 0 unspecified atom stereocenters. The number of halogens is 1. The average molecular weight is 309 g/mol. The molecular formula is C13H13BrN2O2. The van der Waals surface area contributed by atoms with Gasteiger partial charge in [0.2, 0.25) is 0 Å². The van der Waals surface area contributed by atoms with E-state index >= 15 is 0 Å². The van der Waals surface area contributed by atoms with Gasteiger partial charge in [-0.15, -0.1) is 0 Å². The molecule has 1 aromatic carbocycles. The van der Waals surface area contributed by atoms with Crippen LogP contribution in [0.3, 0.4) is 0 Å². The molecule has 0 radical (unpaired) electrons. The number of benzene rings is 1. The summed E-state index contributed by atoms with van der Waals surface area (Å²) in [4.78, 5) is 10.5. The van der Waals surface area contributed by atoms with Crippen LogP contribution in [-0.2, 0) is 11.2 Å². The number of aromatic nitrogens is 2. The summed E-state index contributed by atoms with van der Waals surface area (Å²) in [7, 11) is 0. The summed E-state index contributed by atoms with van der Waals surface area (Å²) in [5.74, 6) is -0.803. The van der Waals surface area contributed by atoms with Gasteiger partial charge < -0.3 is 5.11 Å². The fourth-order valence-corrected chi connectivity index (χ4v) is 2.22. The van der Waals surface area contributed by atoms with Crippen molar-refractivity contribution >= 4 is 21.9 Å². The molecule has 0 fully saturated rings. The van der Waals surface area contributed by atoms with E-state index in [-0.39, 0.29) is 6.42 Å². The number of carboxylic acid groups (broad SMARTS) is 1. The molecule has 94 valence electrons. The van der Waals surface area contributed by atoms with Crippen LogP contribution in [0.25, 0.3) is 5.69 Å². The van der Waals surface area contributed by atoms with E-state index in [0.29, 0.717) is 6.42 Å². The number of aryl methyl sites for hydroxylation is 2. The maximum atomic E-state index is 10.5. The smallest absolute Gasteiger partial charge is 0.303 e. The normalized spacial score (nSPS) is 10.6. The lowest BCUT2D eigenvalue weighted by molar-refractivity contribution is -0.136. The predicted molar refractivity (Wildman–Crippen MR) is 72.0 cm³/mol. The number of hydrogen-bond acceptors (Lipinski definition) is 2. The lowest BCUT2D eigenvalue weighted by Gasteiger charge is -2.06. The minimum absolute atomic E-state index is 0.104. The molecule has 18 heavy (non-hydrogen) atoms. The zero-order valence-corrected chi connectivity index (χ0v) is 11.5. The Bertz CT molecular complexity index is 578. The van der Waals surface area contributed by atoms with Crippen molar-refractivity contribution in [2.24, 2.45) is 0 Å². The Morgan fingerprint density at radius 1 is 1.44 bits per heavy atom. The third kappa shape index (κ3) is 2.79. The monoisotopic (exact) mass is 308 g/mol. The molecule has 0 aliphatic carbocycles. The van der Waals surface area contributed by atoms with E-state index in [9.17, 15) is 4.79 Å². The zero-order chi connectivity index (χ0) is 13.1. The fourth-order valence-electron chi connectivity index (χ4n) is 1.76. The Morgan fingerprint density at radius 3 is 2.83 bits per heavy atom. The molecule has 5 heteroatoms. The van der Waals surface area contributed by atoms with Crippen molar-refractivity contribution in [3.05, 3.63) is 46.2 Å². The van der Waals surface area contributed by atoms with E-state index in [1.165, 1.54) is 0 Å². The van der Waals surface area contributed by atoms with Gasteiger partial charge in [-0.05, 0) is 41.1 Å². The molecule has 2 aromatic rings. The quantitative estimate of drug-likeness (QED) is 0.944. The Hall–Kier alpha value is -1.62. The van der Waals surface area contributed by atoms with Crippen LogP contribution in [0.4, 0.5) is 0 Å². The third-order valence-corrected chi connectivity index (χ3v) is 3.28. The summed E-state index contributed by atoms with van der Waals surface area (Å²) in [5.41, 5.74) is 2.74. The summed E-state index contributed by atoms with van der Waals surface area (Å²) in [6.07, 6.45) is 0.556. The number of nitrogens with zero attached hydrogens (tertiary/aromatic N) is 2. The van der Waals surface area contributed by atoms with Crippen LogP contribution in [0, 0.1) is 6.92 Å². The number of para-hydroxylation sites is 1. The van der Waals surface area contributed by atoms with Crippen molar-refractivity contribution in [1.29, 1.82) is 0 Å². The van der Waals surface area contributed by atoms with Crippen LogP contribution >= 0.6 is 15.9 Å². The molecule has 0 aliphatic heterocycles. The van der Waals surface area contributed by atoms with Gasteiger partial charge >= 0.3 is 5.97 Å². The highest BCUT2D eigenvalue weighted by Crippen LogP contribution is 2.22. The molecule has 1 N–H and O–H groups in total. The zero-order valence-electron chi connectivity index (χ0n) is 9.93. The van der Waals surface area contributed by atoms with Crippen molar-refractivity contribution in [1.82, 2.24) is 9.78 Å². The largest absolute Gasteiger partial charge is 0.481 e. The van der Waals surface area contributed by atoms with Gasteiger partial charge in [-0.3, -0.25) is 4.79 Å². The Kier molecular flexibility index (Phi) is 3.81. The second-order valence-corrected chi connectivity index (χ2v) is 4.89. The van der Waals surface area contributed by atoms with Gasteiger partial charge in [0, 0.05) is 16.6 Å². The van der Waals surface area contributed by atoms with Crippen LogP contribution in [0.1, 0.15) is 17.8 Å². The highest BCUT2D eigenvalue weighted by Gasteiger charge is 2.09. The van der Waals surface area contributed by atoms with E-state index in [0.717, 1.165) is 21.5 Å². The first kappa shape index (κ1) is 12.8. The molecule has 2 rings (SSSR count). The van der Waals surface area contributed by atoms with E-state index in [1.54, 1.807) is 0 Å². The topological polar surface area (TPSA) is 55.1 Å². The van der Waals surface area contributed by atoms with Crippen molar-refractivity contribution in [3.8, 4) is 5.69 Å². The molecule has 0 amide bonds. The van der Waals surface area contributed by atoms with Crippen molar-refractivity contribution in [2.75, 3.05) is 0 Å². The van der Waals surface area contributed by atoms with Crippen molar-refractivity contribution in [3.63, 3.8) is 0 Å². The maximum Gasteiger partial charge on any atom is 0.303 e. The van der Waals surface area contributed by atoms with Crippen LogP contribution in [0.15, 0.2) is 34.8 Å². The van der Waals surface area contributed by atoms with Gasteiger partial charge in [0.05, 0.1) is 17.8 Å². The third-order valence-electron chi connectivity index (χ3n) is 2.61. The summed E-state index contributed by atoms with van der Waals surface area (Å²) >= 11 is 3.48. The molecule has 0 saturated carbocycles. The molecule has 1 heterocycles. The van der Waals surface area contributed by atoms with Crippen molar-refractivity contribution in [2.45, 2.75) is 19.8 Å². The minimum atomic E-state index is -0.803. The average Bonchev–Trinajstić information content (AvgIpc) is 2.69. The summed E-state index contributed by atoms with van der Waals surface area (Å²) < 4.78 is 2.78. The maximum absolute atomic E-state index is 10.5. The number of carboxylic acids is 1. The van der Waals surface area contributed by atoms with E-state index in [2.05, 4.69) is 21.0 Å². The first-order chi connectivity index (χ1) is 8.58. The van der Waals surface area contributed by atoms with Gasteiger partial charge in [0.25, 0.3) is 0 Å². The number of hydrogen-bond donors (Lipinski definition) is 1. The summed E-state index contributed by atoms with van der Waals surface area (Å²) in [6.45, 7) is 1.96. The lowest BCUT2D eigenvalue weighted by Crippen LogP contribution is -2.01. The van der Waals surface area contributed by atoms with Crippen LogP contribution in [-0.4, -0.2) is 20.9 Å². The van der Waals surface area contributed by atoms with Gasteiger partial charge in [0.15, 0.2) is 0 Å². The summed E-state index contributed by atoms with van der Waals surface area (Å²) in [6, 6.07) is 9.72. The molecule has 0 bridgehead atoms. The van der Waals surface area contributed by atoms with E-state index in [4.69, 9.17) is 5.11 Å². The molecule has 4 nitrogen and oxygen atoms in total. The summed E-state index contributed by atoms with van der Waals surface area (Å²) in [5, 5.41) is 13.1. The number of carbonyl (C=O) groups is 1. The Labute approximate surface area is 113 Å². The first-order valence-electron chi connectivity index (χ1n) is 5.60. The van der Waals surface area contributed by atoms with E-state index in [1.807, 2.05) is 41.9 Å².